The van der Waals surface area contributed by atoms with Crippen molar-refractivity contribution in [2.75, 3.05) is 31.2 Å². The molecule has 0 saturated carbocycles. The third kappa shape index (κ3) is 2.75. The summed E-state index contributed by atoms with van der Waals surface area (Å²) in [6.07, 6.45) is 6.13. The van der Waals surface area contributed by atoms with Gasteiger partial charge in [0.25, 0.3) is 0 Å². The van der Waals surface area contributed by atoms with Gasteiger partial charge >= 0.3 is 0 Å². The predicted octanol–water partition coefficient (Wildman–Crippen LogP) is 2.14. The van der Waals surface area contributed by atoms with Gasteiger partial charge in [-0.3, -0.25) is 4.79 Å². The quantitative estimate of drug-likeness (QED) is 0.796. The van der Waals surface area contributed by atoms with Gasteiger partial charge in [-0.2, -0.15) is 0 Å². The number of morpholine rings is 1. The molecule has 116 valence electrons. The molecule has 1 fully saturated rings. The number of allylic oxidation sites excluding steroid dienone is 1. The second kappa shape index (κ2) is 5.93. The standard InChI is InChI=1S/C18H17N3O2/c22-17-15(10-14-3-1-2-4-16(14)17)9-13-11-19-18(20-12-13)21-5-7-23-8-6-21/h1-4,9,11-12H,5-8,10H2/b15-9+. The summed E-state index contributed by atoms with van der Waals surface area (Å²) in [5.41, 5.74) is 3.56. The lowest BCUT2D eigenvalue weighted by Crippen LogP contribution is -2.37. The first kappa shape index (κ1) is 14.1. The zero-order valence-corrected chi connectivity index (χ0v) is 12.7. The Morgan fingerprint density at radius 1 is 1.09 bits per heavy atom. The van der Waals surface area contributed by atoms with Crippen LogP contribution in [0.4, 0.5) is 5.95 Å². The number of anilines is 1. The minimum atomic E-state index is 0.109. The second-order valence-corrected chi connectivity index (χ2v) is 5.75. The van der Waals surface area contributed by atoms with Crippen LogP contribution in [0.1, 0.15) is 21.5 Å². The predicted molar refractivity (Wildman–Crippen MR) is 87.5 cm³/mol. The first-order chi connectivity index (χ1) is 11.3. The minimum Gasteiger partial charge on any atom is -0.378 e. The molecule has 0 atom stereocenters. The van der Waals surface area contributed by atoms with Gasteiger partial charge in [0, 0.05) is 48.6 Å². The fourth-order valence-electron chi connectivity index (χ4n) is 3.00. The lowest BCUT2D eigenvalue weighted by molar-refractivity contribution is 0.104. The smallest absolute Gasteiger partial charge is 0.225 e. The van der Waals surface area contributed by atoms with Crippen LogP contribution >= 0.6 is 0 Å². The Labute approximate surface area is 134 Å². The van der Waals surface area contributed by atoms with Gasteiger partial charge in [0.2, 0.25) is 5.95 Å². The number of fused-ring (bicyclic) bond motifs is 1. The van der Waals surface area contributed by atoms with E-state index in [1.54, 1.807) is 12.4 Å². The first-order valence-electron chi connectivity index (χ1n) is 7.79. The Kier molecular flexibility index (Phi) is 3.63. The van der Waals surface area contributed by atoms with Crippen LogP contribution in [-0.4, -0.2) is 42.1 Å². The molecule has 1 saturated heterocycles. The Balaban J connectivity index is 1.54. The molecule has 2 aromatic rings. The molecule has 0 amide bonds. The summed E-state index contributed by atoms with van der Waals surface area (Å²) in [5, 5.41) is 0. The number of carbonyl (C=O) groups is 1. The lowest BCUT2D eigenvalue weighted by atomic mass is 10.1. The molecule has 0 radical (unpaired) electrons. The van der Waals surface area contributed by atoms with E-state index in [4.69, 9.17) is 4.74 Å². The summed E-state index contributed by atoms with van der Waals surface area (Å²) in [7, 11) is 0. The van der Waals surface area contributed by atoms with Crippen molar-refractivity contribution in [1.82, 2.24) is 9.97 Å². The zero-order chi connectivity index (χ0) is 15.6. The van der Waals surface area contributed by atoms with Gasteiger partial charge in [-0.15, -0.1) is 0 Å². The summed E-state index contributed by atoms with van der Waals surface area (Å²) in [5.74, 6) is 0.828. The van der Waals surface area contributed by atoms with Crippen LogP contribution < -0.4 is 4.90 Å². The van der Waals surface area contributed by atoms with E-state index >= 15 is 0 Å². The average molecular weight is 307 g/mol. The molecule has 0 N–H and O–H groups in total. The van der Waals surface area contributed by atoms with Crippen LogP contribution in [0, 0.1) is 0 Å². The molecule has 5 heteroatoms. The van der Waals surface area contributed by atoms with Crippen molar-refractivity contribution < 1.29 is 9.53 Å². The highest BCUT2D eigenvalue weighted by Crippen LogP contribution is 2.27. The summed E-state index contributed by atoms with van der Waals surface area (Å²) < 4.78 is 5.33. The monoisotopic (exact) mass is 307 g/mol. The van der Waals surface area contributed by atoms with Crippen molar-refractivity contribution in [2.24, 2.45) is 0 Å². The number of aromatic nitrogens is 2. The highest BCUT2D eigenvalue weighted by Gasteiger charge is 2.24. The molecule has 1 aromatic carbocycles. The lowest BCUT2D eigenvalue weighted by Gasteiger charge is -2.26. The van der Waals surface area contributed by atoms with Crippen molar-refractivity contribution in [2.45, 2.75) is 6.42 Å². The van der Waals surface area contributed by atoms with Crippen molar-refractivity contribution in [3.05, 3.63) is 58.9 Å². The van der Waals surface area contributed by atoms with Crippen molar-refractivity contribution >= 4 is 17.8 Å². The third-order valence-corrected chi connectivity index (χ3v) is 4.23. The van der Waals surface area contributed by atoms with Crippen LogP contribution in [0.15, 0.2) is 42.2 Å². The molecule has 1 aliphatic heterocycles. The Morgan fingerprint density at radius 3 is 2.57 bits per heavy atom. The van der Waals surface area contributed by atoms with Gasteiger partial charge in [0.15, 0.2) is 5.78 Å². The van der Waals surface area contributed by atoms with E-state index < -0.39 is 0 Å². The molecule has 23 heavy (non-hydrogen) atoms. The topological polar surface area (TPSA) is 55.3 Å². The number of Topliss-reactive ketones (excluding diaryl/α,β-unsaturated/α-hetero) is 1. The van der Waals surface area contributed by atoms with Crippen LogP contribution in [0.3, 0.4) is 0 Å². The summed E-state index contributed by atoms with van der Waals surface area (Å²) >= 11 is 0. The number of ketones is 1. The maximum atomic E-state index is 12.4. The number of carbonyl (C=O) groups excluding carboxylic acids is 1. The van der Waals surface area contributed by atoms with E-state index in [0.717, 1.165) is 41.3 Å². The van der Waals surface area contributed by atoms with E-state index in [1.807, 2.05) is 30.3 Å². The molecule has 0 unspecified atom stereocenters. The van der Waals surface area contributed by atoms with Crippen molar-refractivity contribution in [3.63, 3.8) is 0 Å². The highest BCUT2D eigenvalue weighted by atomic mass is 16.5. The van der Waals surface area contributed by atoms with Crippen molar-refractivity contribution in [3.8, 4) is 0 Å². The Bertz CT molecular complexity index is 762. The number of nitrogens with zero attached hydrogens (tertiary/aromatic N) is 3. The van der Waals surface area contributed by atoms with Gasteiger partial charge in [-0.1, -0.05) is 24.3 Å². The number of benzene rings is 1. The van der Waals surface area contributed by atoms with E-state index in [2.05, 4.69) is 14.9 Å². The third-order valence-electron chi connectivity index (χ3n) is 4.23. The van der Waals surface area contributed by atoms with Crippen molar-refractivity contribution in [1.29, 1.82) is 0 Å². The molecule has 1 aromatic heterocycles. The second-order valence-electron chi connectivity index (χ2n) is 5.75. The van der Waals surface area contributed by atoms with E-state index in [9.17, 15) is 4.79 Å². The molecular weight excluding hydrogens is 290 g/mol. The zero-order valence-electron chi connectivity index (χ0n) is 12.7. The van der Waals surface area contributed by atoms with Gasteiger partial charge in [-0.05, 0) is 11.6 Å². The number of rotatable bonds is 2. The normalized spacial score (nSPS) is 19.2. The van der Waals surface area contributed by atoms with Crippen LogP contribution in [0.25, 0.3) is 6.08 Å². The minimum absolute atomic E-state index is 0.109. The van der Waals surface area contributed by atoms with Crippen LogP contribution in [0.5, 0.6) is 0 Å². The van der Waals surface area contributed by atoms with Crippen LogP contribution in [0.2, 0.25) is 0 Å². The molecule has 2 heterocycles. The Hall–Kier alpha value is -2.53. The highest BCUT2D eigenvalue weighted by molar-refractivity contribution is 6.15. The van der Waals surface area contributed by atoms with E-state index in [1.165, 1.54) is 0 Å². The van der Waals surface area contributed by atoms with E-state index in [-0.39, 0.29) is 5.78 Å². The summed E-state index contributed by atoms with van der Waals surface area (Å²) in [6.45, 7) is 3.05. The summed E-state index contributed by atoms with van der Waals surface area (Å²) in [4.78, 5) is 23.3. The summed E-state index contributed by atoms with van der Waals surface area (Å²) in [6, 6.07) is 7.76. The van der Waals surface area contributed by atoms with Gasteiger partial charge in [-0.25, -0.2) is 9.97 Å². The van der Waals surface area contributed by atoms with Gasteiger partial charge < -0.3 is 9.64 Å². The molecule has 0 bridgehead atoms. The average Bonchev–Trinajstić information content (AvgIpc) is 2.93. The molecule has 0 spiro atoms. The largest absolute Gasteiger partial charge is 0.378 e. The molecule has 4 rings (SSSR count). The van der Waals surface area contributed by atoms with Crippen LogP contribution in [-0.2, 0) is 11.2 Å². The molecule has 2 aliphatic rings. The first-order valence-corrected chi connectivity index (χ1v) is 7.79. The fourth-order valence-corrected chi connectivity index (χ4v) is 3.00. The fraction of sp³-hybridized carbons (Fsp3) is 0.278. The number of hydrogen-bond donors (Lipinski definition) is 0. The maximum absolute atomic E-state index is 12.4. The molecule has 1 aliphatic carbocycles. The van der Waals surface area contributed by atoms with Gasteiger partial charge in [0.1, 0.15) is 0 Å². The van der Waals surface area contributed by atoms with Gasteiger partial charge in [0.05, 0.1) is 13.2 Å². The molecular formula is C18H17N3O2. The molecule has 5 nitrogen and oxygen atoms in total. The Morgan fingerprint density at radius 2 is 1.83 bits per heavy atom. The van der Waals surface area contributed by atoms with E-state index in [0.29, 0.717) is 19.6 Å². The number of hydrogen-bond acceptors (Lipinski definition) is 5. The number of ether oxygens (including phenoxy) is 1. The maximum Gasteiger partial charge on any atom is 0.225 e. The SMILES string of the molecule is O=C1/C(=C/c2cnc(N3CCOCC3)nc2)Cc2ccccc21.